The van der Waals surface area contributed by atoms with Crippen LogP contribution in [0.15, 0.2) is 42.5 Å². The number of rotatable bonds is 9. The lowest BCUT2D eigenvalue weighted by atomic mass is 9.88. The van der Waals surface area contributed by atoms with Gasteiger partial charge in [-0.1, -0.05) is 39.0 Å². The van der Waals surface area contributed by atoms with Crippen LogP contribution in [0.4, 0.5) is 10.1 Å². The maximum absolute atomic E-state index is 14.3. The van der Waals surface area contributed by atoms with E-state index in [1.165, 1.54) is 18.4 Å². The van der Waals surface area contributed by atoms with Crippen molar-refractivity contribution in [3.8, 4) is 0 Å². The highest BCUT2D eigenvalue weighted by Gasteiger charge is 2.36. The van der Waals surface area contributed by atoms with Gasteiger partial charge in [-0.25, -0.2) is 12.8 Å². The molecule has 202 valence electrons. The normalized spacial score (nSPS) is 16.4. The molecule has 0 aliphatic carbocycles. The van der Waals surface area contributed by atoms with Crippen molar-refractivity contribution in [2.24, 2.45) is 5.92 Å². The summed E-state index contributed by atoms with van der Waals surface area (Å²) < 4.78 is 37.4. The molecule has 1 saturated heterocycles. The Morgan fingerprint density at radius 1 is 1.05 bits per heavy atom. The second kappa shape index (κ2) is 11.6. The molecule has 0 radical (unpaired) electrons. The van der Waals surface area contributed by atoms with Crippen molar-refractivity contribution in [2.75, 3.05) is 24.7 Å². The van der Waals surface area contributed by atoms with Crippen molar-refractivity contribution in [3.63, 3.8) is 0 Å². The minimum Gasteiger partial charge on any atom is -0.380 e. The van der Waals surface area contributed by atoms with E-state index in [-0.39, 0.29) is 28.7 Å². The molecule has 2 aromatic carbocycles. The van der Waals surface area contributed by atoms with Crippen molar-refractivity contribution >= 4 is 27.3 Å². The lowest BCUT2D eigenvalue weighted by Gasteiger charge is -2.42. The van der Waals surface area contributed by atoms with Crippen LogP contribution in [0.5, 0.6) is 0 Å². The summed E-state index contributed by atoms with van der Waals surface area (Å²) in [6.07, 6.45) is 3.30. The summed E-state index contributed by atoms with van der Waals surface area (Å²) in [7, 11) is -3.09. The highest BCUT2D eigenvalue weighted by molar-refractivity contribution is 7.89. The molecule has 2 amide bonds. The van der Waals surface area contributed by atoms with Crippen LogP contribution >= 0.6 is 0 Å². The minimum atomic E-state index is -3.09. The molecule has 0 saturated carbocycles. The maximum atomic E-state index is 14.3. The molecule has 7 nitrogen and oxygen atoms in total. The second-order valence-electron chi connectivity index (χ2n) is 10.6. The standard InChI is InChI=1S/C28H38FN3O4S/c1-6-20-9-12-24(29)23(17-20)26(33)30-25(19(2)3)27(34)32-15-13-28(4,14-16-32)31-22-10-7-21(8-11-22)18-37(5,35)36/h7-12,17,19,25,31H,6,13-16,18H2,1-5H3,(H,30,33)/t25-/m1/s1. The van der Waals surface area contributed by atoms with E-state index in [0.29, 0.717) is 32.4 Å². The number of nitrogens with zero attached hydrogens (tertiary/aromatic N) is 1. The molecule has 2 aromatic rings. The highest BCUT2D eigenvalue weighted by Crippen LogP contribution is 2.28. The fraction of sp³-hybridized carbons (Fsp3) is 0.500. The van der Waals surface area contributed by atoms with E-state index < -0.39 is 27.6 Å². The monoisotopic (exact) mass is 531 g/mol. The minimum absolute atomic E-state index is 0.00581. The number of aryl methyl sites for hydroxylation is 1. The zero-order valence-corrected chi connectivity index (χ0v) is 23.1. The third-order valence-electron chi connectivity index (χ3n) is 6.91. The number of hydrogen-bond donors (Lipinski definition) is 2. The highest BCUT2D eigenvalue weighted by atomic mass is 32.2. The Hall–Kier alpha value is -2.94. The van der Waals surface area contributed by atoms with E-state index in [4.69, 9.17) is 0 Å². The first-order chi connectivity index (χ1) is 17.3. The van der Waals surface area contributed by atoms with Crippen molar-refractivity contribution in [1.82, 2.24) is 10.2 Å². The average molecular weight is 532 g/mol. The van der Waals surface area contributed by atoms with E-state index >= 15 is 0 Å². The molecule has 3 rings (SSSR count). The fourth-order valence-corrected chi connectivity index (χ4v) is 5.37. The van der Waals surface area contributed by atoms with E-state index in [9.17, 15) is 22.4 Å². The molecular formula is C28H38FN3O4S. The Balaban J connectivity index is 1.62. The third-order valence-corrected chi connectivity index (χ3v) is 7.77. The van der Waals surface area contributed by atoms with Crippen molar-refractivity contribution in [2.45, 2.75) is 64.3 Å². The smallest absolute Gasteiger partial charge is 0.254 e. The van der Waals surface area contributed by atoms with Crippen LogP contribution in [0.1, 0.15) is 62.0 Å². The Kier molecular flexibility index (Phi) is 9.00. The molecule has 9 heteroatoms. The van der Waals surface area contributed by atoms with Crippen LogP contribution in [0.3, 0.4) is 0 Å². The zero-order valence-electron chi connectivity index (χ0n) is 22.3. The molecule has 1 aliphatic heterocycles. The number of halogens is 1. The van der Waals surface area contributed by atoms with Crippen LogP contribution in [0, 0.1) is 11.7 Å². The molecule has 2 N–H and O–H groups in total. The molecule has 0 bridgehead atoms. The van der Waals surface area contributed by atoms with E-state index in [2.05, 4.69) is 17.6 Å². The topological polar surface area (TPSA) is 95.6 Å². The lowest BCUT2D eigenvalue weighted by molar-refractivity contribution is -0.135. The third kappa shape index (κ3) is 7.77. The van der Waals surface area contributed by atoms with Crippen molar-refractivity contribution < 1.29 is 22.4 Å². The second-order valence-corrected chi connectivity index (χ2v) is 12.8. The molecule has 1 heterocycles. The number of likely N-dealkylation sites (tertiary alicyclic amines) is 1. The summed E-state index contributed by atoms with van der Waals surface area (Å²) in [6.45, 7) is 8.81. The van der Waals surface area contributed by atoms with Gasteiger partial charge in [-0.3, -0.25) is 9.59 Å². The summed E-state index contributed by atoms with van der Waals surface area (Å²) >= 11 is 0. The van der Waals surface area contributed by atoms with Crippen molar-refractivity contribution in [3.05, 3.63) is 65.0 Å². The number of carbonyl (C=O) groups excluding carboxylic acids is 2. The molecule has 1 aliphatic rings. The molecule has 0 unspecified atom stereocenters. The van der Waals surface area contributed by atoms with Gasteiger partial charge >= 0.3 is 0 Å². The first-order valence-electron chi connectivity index (χ1n) is 12.7. The summed E-state index contributed by atoms with van der Waals surface area (Å²) in [5.74, 6) is -1.50. The summed E-state index contributed by atoms with van der Waals surface area (Å²) in [5, 5.41) is 6.31. The van der Waals surface area contributed by atoms with Gasteiger partial charge in [0.15, 0.2) is 9.84 Å². The lowest BCUT2D eigenvalue weighted by Crippen LogP contribution is -2.56. The van der Waals surface area contributed by atoms with Gasteiger partial charge in [0, 0.05) is 30.6 Å². The van der Waals surface area contributed by atoms with Crippen LogP contribution in [-0.2, 0) is 26.8 Å². The summed E-state index contributed by atoms with van der Waals surface area (Å²) in [6, 6.07) is 11.1. The molecule has 37 heavy (non-hydrogen) atoms. The van der Waals surface area contributed by atoms with E-state index in [1.807, 2.05) is 32.9 Å². The Morgan fingerprint density at radius 2 is 1.65 bits per heavy atom. The van der Waals surface area contributed by atoms with Gasteiger partial charge in [-0.05, 0) is 67.5 Å². The molecular weight excluding hydrogens is 493 g/mol. The number of carbonyl (C=O) groups is 2. The van der Waals surface area contributed by atoms with Crippen molar-refractivity contribution in [1.29, 1.82) is 0 Å². The number of anilines is 1. The largest absolute Gasteiger partial charge is 0.380 e. The number of piperidine rings is 1. The molecule has 0 aromatic heterocycles. The number of amides is 2. The van der Waals surface area contributed by atoms with Gasteiger partial charge in [0.05, 0.1) is 11.3 Å². The van der Waals surface area contributed by atoms with Crippen LogP contribution < -0.4 is 10.6 Å². The van der Waals surface area contributed by atoms with Gasteiger partial charge in [0.1, 0.15) is 11.9 Å². The number of nitrogens with one attached hydrogen (secondary N) is 2. The Labute approximate surface area is 219 Å². The first-order valence-corrected chi connectivity index (χ1v) is 14.8. The van der Waals surface area contributed by atoms with Gasteiger partial charge in [0.25, 0.3) is 5.91 Å². The van der Waals surface area contributed by atoms with Crippen LogP contribution in [0.25, 0.3) is 0 Å². The van der Waals surface area contributed by atoms with E-state index in [0.717, 1.165) is 16.8 Å². The van der Waals surface area contributed by atoms with E-state index in [1.54, 1.807) is 23.1 Å². The maximum Gasteiger partial charge on any atom is 0.254 e. The number of benzene rings is 2. The summed E-state index contributed by atoms with van der Waals surface area (Å²) in [5.41, 5.74) is 2.20. The van der Waals surface area contributed by atoms with Crippen LogP contribution in [0.2, 0.25) is 0 Å². The van der Waals surface area contributed by atoms with Gasteiger partial charge in [-0.2, -0.15) is 0 Å². The predicted octanol–water partition coefficient (Wildman–Crippen LogP) is 4.18. The predicted molar refractivity (Wildman–Crippen MR) is 145 cm³/mol. The molecule has 0 spiro atoms. The molecule has 1 fully saturated rings. The Bertz CT molecular complexity index is 1220. The number of sulfone groups is 1. The summed E-state index contributed by atoms with van der Waals surface area (Å²) in [4.78, 5) is 28.0. The number of hydrogen-bond acceptors (Lipinski definition) is 5. The van der Waals surface area contributed by atoms with Crippen LogP contribution in [-0.4, -0.2) is 56.1 Å². The molecule has 1 atom stereocenters. The SMILES string of the molecule is CCc1ccc(F)c(C(=O)N[C@@H](C(=O)N2CCC(C)(Nc3ccc(CS(C)(=O)=O)cc3)CC2)C(C)C)c1. The fourth-order valence-electron chi connectivity index (χ4n) is 4.58. The Morgan fingerprint density at radius 3 is 2.19 bits per heavy atom. The van der Waals surface area contributed by atoms with Gasteiger partial charge in [-0.15, -0.1) is 0 Å². The quantitative estimate of drug-likeness (QED) is 0.506. The first kappa shape index (κ1) is 28.6. The van der Waals surface area contributed by atoms with Gasteiger partial charge < -0.3 is 15.5 Å². The van der Waals surface area contributed by atoms with Gasteiger partial charge in [0.2, 0.25) is 5.91 Å². The zero-order chi connectivity index (χ0) is 27.4. The average Bonchev–Trinajstić information content (AvgIpc) is 2.83.